The first-order valence-electron chi connectivity index (χ1n) is 7.55. The van der Waals surface area contributed by atoms with E-state index in [1.54, 1.807) is 11.8 Å². The van der Waals surface area contributed by atoms with Crippen LogP contribution in [0.1, 0.15) is 10.8 Å². The fourth-order valence-corrected chi connectivity index (χ4v) is 4.75. The van der Waals surface area contributed by atoms with Gasteiger partial charge in [0.25, 0.3) is 0 Å². The van der Waals surface area contributed by atoms with Crippen molar-refractivity contribution in [2.24, 2.45) is 0 Å². The molecule has 1 aliphatic rings. The molecule has 1 fully saturated rings. The van der Waals surface area contributed by atoms with E-state index in [0.717, 1.165) is 19.7 Å². The van der Waals surface area contributed by atoms with E-state index < -0.39 is 0 Å². The van der Waals surface area contributed by atoms with Gasteiger partial charge in [-0.15, -0.1) is 23.5 Å². The summed E-state index contributed by atoms with van der Waals surface area (Å²) in [4.78, 5) is 2.66. The molecule has 1 N–H and O–H groups in total. The van der Waals surface area contributed by atoms with Crippen molar-refractivity contribution < 1.29 is 4.74 Å². The van der Waals surface area contributed by atoms with Crippen LogP contribution in [-0.2, 0) is 4.74 Å². The zero-order valence-electron chi connectivity index (χ0n) is 12.7. The lowest BCUT2D eigenvalue weighted by atomic mass is 10.1. The second kappa shape index (κ2) is 8.06. The number of hydrogen-bond donors (Lipinski definition) is 1. The zero-order valence-corrected chi connectivity index (χ0v) is 14.3. The highest BCUT2D eigenvalue weighted by molar-refractivity contribution is 8.02. The maximum atomic E-state index is 6.05. The van der Waals surface area contributed by atoms with Crippen molar-refractivity contribution >= 4 is 23.5 Å². The number of thioether (sulfide) groups is 2. The molecule has 1 aliphatic heterocycles. The molecule has 0 aliphatic carbocycles. The minimum Gasteiger partial charge on any atom is -0.374 e. The van der Waals surface area contributed by atoms with E-state index >= 15 is 0 Å². The Bertz CT molecular complexity index is 585. The van der Waals surface area contributed by atoms with Gasteiger partial charge in [-0.3, -0.25) is 0 Å². The predicted molar refractivity (Wildman–Crippen MR) is 95.9 cm³/mol. The van der Waals surface area contributed by atoms with Crippen molar-refractivity contribution in [3.05, 3.63) is 60.2 Å². The summed E-state index contributed by atoms with van der Waals surface area (Å²) in [6.45, 7) is 2.65. The Balaban J connectivity index is 1.88. The Morgan fingerprint density at radius 2 is 1.77 bits per heavy atom. The molecule has 0 radical (unpaired) electrons. The molecule has 0 amide bonds. The Kier molecular flexibility index (Phi) is 5.84. The number of benzene rings is 2. The molecular formula is C18H21NOS2. The minimum absolute atomic E-state index is 0.205. The van der Waals surface area contributed by atoms with Crippen LogP contribution in [0.25, 0.3) is 0 Å². The summed E-state index contributed by atoms with van der Waals surface area (Å²) in [6.07, 6.45) is 2.34. The summed E-state index contributed by atoms with van der Waals surface area (Å²) < 4.78 is 6.05. The van der Waals surface area contributed by atoms with Crippen molar-refractivity contribution in [2.75, 3.05) is 26.0 Å². The second-order valence-electron chi connectivity index (χ2n) is 5.21. The fraction of sp³-hybridized carbons (Fsp3) is 0.333. The Morgan fingerprint density at radius 3 is 2.45 bits per heavy atom. The molecule has 4 heteroatoms. The first-order chi connectivity index (χ1) is 10.9. The van der Waals surface area contributed by atoms with Crippen LogP contribution in [0.15, 0.2) is 64.4 Å². The lowest BCUT2D eigenvalue weighted by Crippen LogP contribution is -2.41. The van der Waals surface area contributed by atoms with Gasteiger partial charge >= 0.3 is 0 Å². The van der Waals surface area contributed by atoms with Crippen LogP contribution in [0, 0.1) is 0 Å². The predicted octanol–water partition coefficient (Wildman–Crippen LogP) is 4.23. The third kappa shape index (κ3) is 3.87. The van der Waals surface area contributed by atoms with Gasteiger partial charge in [-0.2, -0.15) is 0 Å². The van der Waals surface area contributed by atoms with E-state index in [0.29, 0.717) is 5.25 Å². The van der Waals surface area contributed by atoms with Crippen LogP contribution in [0.2, 0.25) is 0 Å². The number of rotatable bonds is 5. The summed E-state index contributed by atoms with van der Waals surface area (Å²) in [6, 6.07) is 19.3. The van der Waals surface area contributed by atoms with E-state index in [2.05, 4.69) is 66.2 Å². The maximum absolute atomic E-state index is 6.05. The molecule has 0 spiro atoms. The van der Waals surface area contributed by atoms with Crippen LogP contribution in [0.3, 0.4) is 0 Å². The average molecular weight is 332 g/mol. The summed E-state index contributed by atoms with van der Waals surface area (Å²) >= 11 is 3.72. The third-order valence-corrected chi connectivity index (χ3v) is 6.11. The molecular weight excluding hydrogens is 310 g/mol. The lowest BCUT2D eigenvalue weighted by Gasteiger charge is -2.31. The van der Waals surface area contributed by atoms with E-state index in [1.165, 1.54) is 15.4 Å². The smallest absolute Gasteiger partial charge is 0.0862 e. The molecule has 2 atom stereocenters. The average Bonchev–Trinajstić information content (AvgIpc) is 2.61. The van der Waals surface area contributed by atoms with Crippen molar-refractivity contribution in [2.45, 2.75) is 21.1 Å². The van der Waals surface area contributed by atoms with Crippen LogP contribution in [0.5, 0.6) is 0 Å². The molecule has 1 unspecified atom stereocenters. The molecule has 0 aromatic heterocycles. The SMILES string of the molecule is CSc1ccccc1SC(c1ccccc1)[C@H]1CNCCO1. The molecule has 2 aromatic rings. The molecule has 2 nitrogen and oxygen atoms in total. The Hall–Kier alpha value is -0.940. The first-order valence-corrected chi connectivity index (χ1v) is 9.66. The molecule has 116 valence electrons. The van der Waals surface area contributed by atoms with Gasteiger partial charge in [0, 0.05) is 22.9 Å². The monoisotopic (exact) mass is 331 g/mol. The highest BCUT2D eigenvalue weighted by Gasteiger charge is 2.27. The van der Waals surface area contributed by atoms with E-state index in [-0.39, 0.29) is 6.10 Å². The van der Waals surface area contributed by atoms with Crippen molar-refractivity contribution in [3.63, 3.8) is 0 Å². The topological polar surface area (TPSA) is 21.3 Å². The van der Waals surface area contributed by atoms with E-state index in [1.807, 2.05) is 11.8 Å². The van der Waals surface area contributed by atoms with Gasteiger partial charge in [0.15, 0.2) is 0 Å². The largest absolute Gasteiger partial charge is 0.374 e. The quantitative estimate of drug-likeness (QED) is 0.827. The lowest BCUT2D eigenvalue weighted by molar-refractivity contribution is 0.0273. The molecule has 2 aromatic carbocycles. The van der Waals surface area contributed by atoms with Crippen molar-refractivity contribution in [1.82, 2.24) is 5.32 Å². The molecule has 0 saturated carbocycles. The van der Waals surface area contributed by atoms with Gasteiger partial charge in [-0.05, 0) is 24.0 Å². The maximum Gasteiger partial charge on any atom is 0.0862 e. The van der Waals surface area contributed by atoms with Gasteiger partial charge in [0.1, 0.15) is 0 Å². The minimum atomic E-state index is 0.205. The van der Waals surface area contributed by atoms with Crippen LogP contribution >= 0.6 is 23.5 Å². The van der Waals surface area contributed by atoms with Gasteiger partial charge in [-0.1, -0.05) is 42.5 Å². The van der Waals surface area contributed by atoms with Crippen LogP contribution in [-0.4, -0.2) is 32.1 Å². The highest BCUT2D eigenvalue weighted by Crippen LogP contribution is 2.42. The standard InChI is InChI=1S/C18H21NOS2/c1-21-16-9-5-6-10-17(16)22-18(14-7-3-2-4-8-14)15-13-19-11-12-20-15/h2-10,15,18-19H,11-13H2,1H3/t15-,18?/m1/s1. The van der Waals surface area contributed by atoms with Gasteiger partial charge in [-0.25, -0.2) is 0 Å². The summed E-state index contributed by atoms with van der Waals surface area (Å²) in [5, 5.41) is 3.76. The Morgan fingerprint density at radius 1 is 1.05 bits per heavy atom. The molecule has 1 heterocycles. The normalized spacial score (nSPS) is 19.8. The molecule has 22 heavy (non-hydrogen) atoms. The second-order valence-corrected chi connectivity index (χ2v) is 7.24. The number of morpholine rings is 1. The summed E-state index contributed by atoms with van der Waals surface area (Å²) in [5.74, 6) is 0. The van der Waals surface area contributed by atoms with E-state index in [4.69, 9.17) is 4.74 Å². The van der Waals surface area contributed by atoms with E-state index in [9.17, 15) is 0 Å². The molecule has 1 saturated heterocycles. The Labute approximate surface area is 141 Å². The fourth-order valence-electron chi connectivity index (χ4n) is 2.63. The van der Waals surface area contributed by atoms with Gasteiger partial charge in [0.05, 0.1) is 18.0 Å². The van der Waals surface area contributed by atoms with Crippen LogP contribution in [0.4, 0.5) is 0 Å². The summed E-state index contributed by atoms with van der Waals surface area (Å²) in [5.41, 5.74) is 1.33. The van der Waals surface area contributed by atoms with Gasteiger partial charge < -0.3 is 10.1 Å². The zero-order chi connectivity index (χ0) is 15.2. The number of ether oxygens (including phenoxy) is 1. The first kappa shape index (κ1) is 15.9. The molecule has 3 rings (SSSR count). The molecule has 0 bridgehead atoms. The van der Waals surface area contributed by atoms with Crippen LogP contribution < -0.4 is 5.32 Å². The summed E-state index contributed by atoms with van der Waals surface area (Å²) in [7, 11) is 0. The number of nitrogens with one attached hydrogen (secondary N) is 1. The van der Waals surface area contributed by atoms with Crippen molar-refractivity contribution in [3.8, 4) is 0 Å². The highest BCUT2D eigenvalue weighted by atomic mass is 32.2. The third-order valence-electron chi connectivity index (χ3n) is 3.75. The van der Waals surface area contributed by atoms with Crippen molar-refractivity contribution in [1.29, 1.82) is 0 Å². The number of hydrogen-bond acceptors (Lipinski definition) is 4. The van der Waals surface area contributed by atoms with Gasteiger partial charge in [0.2, 0.25) is 0 Å².